The second-order valence-electron chi connectivity index (χ2n) is 7.33. The third-order valence-corrected chi connectivity index (χ3v) is 5.59. The van der Waals surface area contributed by atoms with Crippen molar-refractivity contribution >= 4 is 12.8 Å². The topological polar surface area (TPSA) is 74.5 Å². The van der Waals surface area contributed by atoms with E-state index in [1.54, 1.807) is 6.07 Å². The van der Waals surface area contributed by atoms with Crippen LogP contribution < -0.4 is 10.1 Å². The number of nitrogens with one attached hydrogen (secondary N) is 1. The number of nitriles is 1. The predicted octanol–water partition coefficient (Wildman–Crippen LogP) is 3.60. The van der Waals surface area contributed by atoms with Gasteiger partial charge in [-0.15, -0.1) is 0 Å². The van der Waals surface area contributed by atoms with Gasteiger partial charge in [-0.05, 0) is 48.7 Å². The smallest absolute Gasteiger partial charge is 0.457 e. The molecule has 1 saturated heterocycles. The summed E-state index contributed by atoms with van der Waals surface area (Å²) in [6.07, 6.45) is 2.74. The van der Waals surface area contributed by atoms with Crippen LogP contribution in [0.1, 0.15) is 30.4 Å². The summed E-state index contributed by atoms with van der Waals surface area (Å²) in [5, 5.41) is 22.8. The van der Waals surface area contributed by atoms with Crippen molar-refractivity contribution in [1.29, 1.82) is 5.26 Å². The molecule has 3 unspecified atom stereocenters. The largest absolute Gasteiger partial charge is 0.488 e. The third-order valence-electron chi connectivity index (χ3n) is 5.59. The van der Waals surface area contributed by atoms with Gasteiger partial charge in [0, 0.05) is 13.2 Å². The standard InChI is InChI=1S/C21H23BN2O3/c23-12-16-7-4-8-20(21(16)24-13-15-5-2-1-3-6-15)27-18-9-10-19-17(11-18)14-26-22(19)25/h1-8,17-19,24-25H,9-11,13-14H2. The van der Waals surface area contributed by atoms with Gasteiger partial charge in [-0.25, -0.2) is 0 Å². The number of nitrogens with zero attached hydrogens (tertiary/aromatic N) is 1. The van der Waals surface area contributed by atoms with Crippen LogP contribution in [0.15, 0.2) is 48.5 Å². The number of rotatable bonds is 5. The molecule has 1 aliphatic heterocycles. The zero-order valence-corrected chi connectivity index (χ0v) is 15.2. The monoisotopic (exact) mass is 362 g/mol. The summed E-state index contributed by atoms with van der Waals surface area (Å²) in [5.74, 6) is 1.29. The molecule has 0 aromatic heterocycles. The lowest BCUT2D eigenvalue weighted by Crippen LogP contribution is -2.31. The van der Waals surface area contributed by atoms with Crippen molar-refractivity contribution in [1.82, 2.24) is 0 Å². The summed E-state index contributed by atoms with van der Waals surface area (Å²) in [7, 11) is -0.624. The number of ether oxygens (including phenoxy) is 1. The lowest BCUT2D eigenvalue weighted by molar-refractivity contribution is 0.120. The Hall–Kier alpha value is -2.49. The normalized spacial score (nSPS) is 24.1. The van der Waals surface area contributed by atoms with Crippen molar-refractivity contribution in [3.63, 3.8) is 0 Å². The van der Waals surface area contributed by atoms with Gasteiger partial charge in [-0.3, -0.25) is 0 Å². The maximum Gasteiger partial charge on any atom is 0.457 e. The molecule has 1 heterocycles. The lowest BCUT2D eigenvalue weighted by atomic mass is 9.62. The molecule has 5 nitrogen and oxygen atoms in total. The summed E-state index contributed by atoms with van der Waals surface area (Å²) >= 11 is 0. The van der Waals surface area contributed by atoms with Gasteiger partial charge in [0.1, 0.15) is 11.8 Å². The first-order valence-corrected chi connectivity index (χ1v) is 9.52. The number of anilines is 1. The van der Waals surface area contributed by atoms with Gasteiger partial charge < -0.3 is 19.7 Å². The number of hydrogen-bond acceptors (Lipinski definition) is 5. The lowest BCUT2D eigenvalue weighted by Gasteiger charge is -2.31. The highest BCUT2D eigenvalue weighted by Gasteiger charge is 2.44. The van der Waals surface area contributed by atoms with E-state index in [9.17, 15) is 10.3 Å². The zero-order valence-electron chi connectivity index (χ0n) is 15.2. The molecule has 0 amide bonds. The van der Waals surface area contributed by atoms with Crippen molar-refractivity contribution < 1.29 is 14.4 Å². The van der Waals surface area contributed by atoms with Crippen LogP contribution in [0.4, 0.5) is 5.69 Å². The van der Waals surface area contributed by atoms with Crippen molar-refractivity contribution in [2.45, 2.75) is 37.7 Å². The minimum atomic E-state index is -0.624. The van der Waals surface area contributed by atoms with Gasteiger partial charge in [0.25, 0.3) is 0 Å². The highest BCUT2D eigenvalue weighted by atomic mass is 16.5. The maximum atomic E-state index is 9.88. The van der Waals surface area contributed by atoms with E-state index in [0.717, 1.165) is 30.5 Å². The second kappa shape index (κ2) is 8.04. The van der Waals surface area contributed by atoms with Crippen molar-refractivity contribution in [3.8, 4) is 11.8 Å². The zero-order chi connectivity index (χ0) is 18.6. The molecule has 1 aliphatic carbocycles. The van der Waals surface area contributed by atoms with Gasteiger partial charge in [0.15, 0.2) is 0 Å². The van der Waals surface area contributed by atoms with Crippen LogP contribution in [0.25, 0.3) is 0 Å². The Morgan fingerprint density at radius 2 is 2.04 bits per heavy atom. The van der Waals surface area contributed by atoms with Crippen LogP contribution in [0.5, 0.6) is 5.75 Å². The van der Waals surface area contributed by atoms with Crippen molar-refractivity contribution in [2.24, 2.45) is 5.92 Å². The Morgan fingerprint density at radius 1 is 1.19 bits per heavy atom. The quantitative estimate of drug-likeness (QED) is 0.795. The first-order valence-electron chi connectivity index (χ1n) is 9.52. The minimum Gasteiger partial charge on any atom is -0.488 e. The van der Waals surface area contributed by atoms with Gasteiger partial charge in [0.05, 0.1) is 17.4 Å². The van der Waals surface area contributed by atoms with Crippen LogP contribution in [-0.4, -0.2) is 24.9 Å². The van der Waals surface area contributed by atoms with E-state index in [0.29, 0.717) is 30.4 Å². The van der Waals surface area contributed by atoms with E-state index in [4.69, 9.17) is 9.39 Å². The average Bonchev–Trinajstić information content (AvgIpc) is 3.08. The summed E-state index contributed by atoms with van der Waals surface area (Å²) < 4.78 is 11.7. The highest BCUT2D eigenvalue weighted by molar-refractivity contribution is 6.45. The Kier molecular flexibility index (Phi) is 5.33. The molecule has 0 radical (unpaired) electrons. The fraction of sp³-hybridized carbons (Fsp3) is 0.381. The van der Waals surface area contributed by atoms with Crippen LogP contribution in [0, 0.1) is 17.2 Å². The fourth-order valence-corrected chi connectivity index (χ4v) is 4.13. The molecular formula is C21H23BN2O3. The van der Waals surface area contributed by atoms with E-state index < -0.39 is 7.12 Å². The Morgan fingerprint density at radius 3 is 2.85 bits per heavy atom. The van der Waals surface area contributed by atoms with Crippen LogP contribution in [0.3, 0.4) is 0 Å². The SMILES string of the molecule is N#Cc1cccc(OC2CCC3B(O)OCC3C2)c1NCc1ccccc1. The first kappa shape index (κ1) is 17.9. The molecular weight excluding hydrogens is 339 g/mol. The molecule has 3 atom stereocenters. The molecule has 2 aromatic rings. The number of benzene rings is 2. The van der Waals surface area contributed by atoms with E-state index in [2.05, 4.69) is 23.5 Å². The predicted molar refractivity (Wildman–Crippen MR) is 104 cm³/mol. The Balaban J connectivity index is 1.48. The van der Waals surface area contributed by atoms with Crippen molar-refractivity contribution in [2.75, 3.05) is 11.9 Å². The van der Waals surface area contributed by atoms with E-state index in [1.165, 1.54) is 0 Å². The average molecular weight is 362 g/mol. The molecule has 0 bridgehead atoms. The summed E-state index contributed by atoms with van der Waals surface area (Å²) in [4.78, 5) is 0. The van der Waals surface area contributed by atoms with E-state index in [-0.39, 0.29) is 11.9 Å². The molecule has 6 heteroatoms. The second-order valence-corrected chi connectivity index (χ2v) is 7.33. The molecule has 4 rings (SSSR count). The van der Waals surface area contributed by atoms with Gasteiger partial charge in [-0.1, -0.05) is 36.4 Å². The van der Waals surface area contributed by atoms with Crippen LogP contribution in [0.2, 0.25) is 5.82 Å². The van der Waals surface area contributed by atoms with Crippen LogP contribution >= 0.6 is 0 Å². The molecule has 2 fully saturated rings. The van der Waals surface area contributed by atoms with Gasteiger partial charge in [-0.2, -0.15) is 5.26 Å². The van der Waals surface area contributed by atoms with E-state index >= 15 is 0 Å². The molecule has 2 N–H and O–H groups in total. The number of fused-ring (bicyclic) bond motifs is 1. The first-order chi connectivity index (χ1) is 13.2. The Labute approximate surface area is 160 Å². The third kappa shape index (κ3) is 3.95. The molecule has 2 aliphatic rings. The molecule has 138 valence electrons. The highest BCUT2D eigenvalue weighted by Crippen LogP contribution is 2.43. The molecule has 2 aromatic carbocycles. The van der Waals surface area contributed by atoms with Crippen LogP contribution in [-0.2, 0) is 11.2 Å². The van der Waals surface area contributed by atoms with Crippen molar-refractivity contribution in [3.05, 3.63) is 59.7 Å². The van der Waals surface area contributed by atoms with Gasteiger partial charge in [0.2, 0.25) is 0 Å². The Bertz CT molecular complexity index is 824. The number of para-hydroxylation sites is 1. The van der Waals surface area contributed by atoms with E-state index in [1.807, 2.05) is 30.3 Å². The summed E-state index contributed by atoms with van der Waals surface area (Å²) in [5.41, 5.74) is 2.47. The molecule has 0 spiro atoms. The fourth-order valence-electron chi connectivity index (χ4n) is 4.13. The number of hydrogen-bond donors (Lipinski definition) is 2. The maximum absolute atomic E-state index is 9.88. The summed E-state index contributed by atoms with van der Waals surface area (Å²) in [6, 6.07) is 17.9. The summed E-state index contributed by atoms with van der Waals surface area (Å²) in [6.45, 7) is 1.23. The molecule has 27 heavy (non-hydrogen) atoms. The van der Waals surface area contributed by atoms with Gasteiger partial charge >= 0.3 is 7.12 Å². The molecule has 1 saturated carbocycles. The minimum absolute atomic E-state index is 0.0753.